The molecule has 0 saturated carbocycles. The summed E-state index contributed by atoms with van der Waals surface area (Å²) in [5, 5.41) is 7.12. The highest BCUT2D eigenvalue weighted by Gasteiger charge is 2.38. The van der Waals surface area contributed by atoms with Gasteiger partial charge >= 0.3 is 12.1 Å². The van der Waals surface area contributed by atoms with Crippen molar-refractivity contribution in [2.24, 2.45) is 0 Å². The van der Waals surface area contributed by atoms with Gasteiger partial charge in [0.25, 0.3) is 5.91 Å². The van der Waals surface area contributed by atoms with Crippen LogP contribution in [-0.2, 0) is 11.4 Å². The third kappa shape index (κ3) is 7.71. The molecule has 0 unspecified atom stereocenters. The number of nitrogens with zero attached hydrogens (tertiary/aromatic N) is 2. The zero-order valence-corrected chi connectivity index (χ0v) is 19.8. The summed E-state index contributed by atoms with van der Waals surface area (Å²) >= 11 is 0. The second-order valence-electron chi connectivity index (χ2n) is 8.84. The maximum absolute atomic E-state index is 13.0. The van der Waals surface area contributed by atoms with Crippen LogP contribution in [0.3, 0.4) is 0 Å². The molecule has 0 aliphatic carbocycles. The highest BCUT2D eigenvalue weighted by Crippen LogP contribution is 2.24. The Bertz CT molecular complexity index is 989. The van der Waals surface area contributed by atoms with Gasteiger partial charge < -0.3 is 19.6 Å². The maximum atomic E-state index is 13.0. The van der Waals surface area contributed by atoms with E-state index in [0.29, 0.717) is 12.6 Å². The van der Waals surface area contributed by atoms with Crippen molar-refractivity contribution in [3.8, 4) is 5.75 Å². The Morgan fingerprint density at radius 3 is 2.23 bits per heavy atom. The first-order chi connectivity index (χ1) is 16.6. The number of aryl methyl sites for hydroxylation is 1. The van der Waals surface area contributed by atoms with Crippen LogP contribution in [0.25, 0.3) is 0 Å². The Morgan fingerprint density at radius 1 is 1.00 bits per heavy atom. The maximum Gasteiger partial charge on any atom is 0.490 e. The fraction of sp³-hybridized carbons (Fsp3) is 0.462. The van der Waals surface area contributed by atoms with Crippen LogP contribution in [0.2, 0.25) is 0 Å². The molecule has 0 radical (unpaired) electrons. The summed E-state index contributed by atoms with van der Waals surface area (Å²) in [7, 11) is 0. The minimum absolute atomic E-state index is 0.159. The summed E-state index contributed by atoms with van der Waals surface area (Å²) in [4.78, 5) is 26.5. The Labute approximate surface area is 203 Å². The molecule has 0 bridgehead atoms. The van der Waals surface area contributed by atoms with Gasteiger partial charge in [0, 0.05) is 24.7 Å². The van der Waals surface area contributed by atoms with Crippen molar-refractivity contribution in [1.82, 2.24) is 9.80 Å². The standard InChI is InChI=1S/C24H30N2O2.C2HF3O2/c1-19-7-2-3-8-21(19)18-28-23-12-10-20(11-13-23)24(27)26-16-6-9-22(26)17-25-14-4-5-15-25;3-2(4,5)1(6)7/h2-3,7-8,10-13,22H,4-6,9,14-18H2,1H3;(H,6,7)/t22-;/m0./s1. The molecule has 1 amide bonds. The van der Waals surface area contributed by atoms with Crippen molar-refractivity contribution in [2.45, 2.75) is 51.4 Å². The topological polar surface area (TPSA) is 70.1 Å². The molecule has 2 aliphatic heterocycles. The van der Waals surface area contributed by atoms with Crippen LogP contribution in [0.5, 0.6) is 5.75 Å². The molecule has 2 saturated heterocycles. The van der Waals surface area contributed by atoms with Crippen molar-refractivity contribution < 1.29 is 32.6 Å². The number of amides is 1. The Hall–Kier alpha value is -3.07. The van der Waals surface area contributed by atoms with E-state index in [1.165, 1.54) is 37.1 Å². The average molecular weight is 493 g/mol. The lowest BCUT2D eigenvalue weighted by Gasteiger charge is -2.28. The summed E-state index contributed by atoms with van der Waals surface area (Å²) in [5.74, 6) is -1.80. The number of hydrogen-bond donors (Lipinski definition) is 1. The van der Waals surface area contributed by atoms with E-state index in [0.717, 1.165) is 37.2 Å². The quantitative estimate of drug-likeness (QED) is 0.621. The molecule has 190 valence electrons. The first-order valence-corrected chi connectivity index (χ1v) is 11.8. The molecule has 2 aromatic carbocycles. The Kier molecular flexibility index (Phi) is 9.14. The first kappa shape index (κ1) is 26.5. The van der Waals surface area contributed by atoms with Gasteiger partial charge in [-0.2, -0.15) is 13.2 Å². The van der Waals surface area contributed by atoms with Crippen molar-refractivity contribution in [2.75, 3.05) is 26.2 Å². The van der Waals surface area contributed by atoms with Crippen LogP contribution in [0.15, 0.2) is 48.5 Å². The smallest absolute Gasteiger partial charge is 0.489 e. The van der Waals surface area contributed by atoms with Crippen molar-refractivity contribution >= 4 is 11.9 Å². The number of alkyl halides is 3. The average Bonchev–Trinajstić information content (AvgIpc) is 3.51. The van der Waals surface area contributed by atoms with E-state index in [-0.39, 0.29) is 5.91 Å². The van der Waals surface area contributed by atoms with E-state index in [2.05, 4.69) is 28.9 Å². The lowest BCUT2D eigenvalue weighted by Crippen LogP contribution is -2.42. The van der Waals surface area contributed by atoms with Gasteiger partial charge in [-0.3, -0.25) is 4.79 Å². The van der Waals surface area contributed by atoms with Gasteiger partial charge in [0.05, 0.1) is 0 Å². The minimum Gasteiger partial charge on any atom is -0.489 e. The lowest BCUT2D eigenvalue weighted by molar-refractivity contribution is -0.192. The van der Waals surface area contributed by atoms with E-state index < -0.39 is 12.1 Å². The van der Waals surface area contributed by atoms with Crippen LogP contribution in [0, 0.1) is 6.92 Å². The predicted octanol–water partition coefficient (Wildman–Crippen LogP) is 4.91. The zero-order chi connectivity index (χ0) is 25.4. The van der Waals surface area contributed by atoms with Crippen molar-refractivity contribution in [1.29, 1.82) is 0 Å². The van der Waals surface area contributed by atoms with Crippen LogP contribution in [0.1, 0.15) is 47.2 Å². The largest absolute Gasteiger partial charge is 0.490 e. The van der Waals surface area contributed by atoms with Crippen molar-refractivity contribution in [3.63, 3.8) is 0 Å². The van der Waals surface area contributed by atoms with E-state index in [1.54, 1.807) is 0 Å². The SMILES string of the molecule is Cc1ccccc1COc1ccc(C(=O)N2CCC[C@H]2CN2CCCC2)cc1.O=C(O)C(F)(F)F. The molecular weight excluding hydrogens is 461 g/mol. The molecule has 0 spiro atoms. The number of halogens is 3. The molecule has 35 heavy (non-hydrogen) atoms. The fourth-order valence-corrected chi connectivity index (χ4v) is 4.35. The summed E-state index contributed by atoms with van der Waals surface area (Å²) in [6.45, 7) is 6.92. The second-order valence-corrected chi connectivity index (χ2v) is 8.84. The number of likely N-dealkylation sites (tertiary alicyclic amines) is 2. The lowest BCUT2D eigenvalue weighted by atomic mass is 10.1. The summed E-state index contributed by atoms with van der Waals surface area (Å²) in [6, 6.07) is 16.2. The molecule has 1 N–H and O–H groups in total. The number of rotatable bonds is 6. The fourth-order valence-electron chi connectivity index (χ4n) is 4.35. The molecule has 2 fully saturated rings. The molecule has 2 aliphatic rings. The van der Waals surface area contributed by atoms with Gasteiger partial charge in [-0.1, -0.05) is 24.3 Å². The molecule has 1 atom stereocenters. The number of aliphatic carboxylic acids is 1. The molecule has 2 aromatic rings. The van der Waals surface area contributed by atoms with Gasteiger partial charge in [-0.05, 0) is 81.1 Å². The van der Waals surface area contributed by atoms with E-state index in [4.69, 9.17) is 14.6 Å². The number of carboxylic acids is 1. The summed E-state index contributed by atoms with van der Waals surface area (Å²) in [6.07, 6.45) is -0.253. The number of carbonyl (C=O) groups excluding carboxylic acids is 1. The van der Waals surface area contributed by atoms with Crippen LogP contribution >= 0.6 is 0 Å². The molecule has 9 heteroatoms. The monoisotopic (exact) mass is 492 g/mol. The zero-order valence-electron chi connectivity index (χ0n) is 19.8. The molecular formula is C26H31F3N2O4. The third-order valence-corrected chi connectivity index (χ3v) is 6.30. The molecule has 0 aromatic heterocycles. The summed E-state index contributed by atoms with van der Waals surface area (Å²) < 4.78 is 37.6. The molecule has 4 rings (SSSR count). The van der Waals surface area contributed by atoms with Crippen LogP contribution < -0.4 is 4.74 Å². The van der Waals surface area contributed by atoms with Gasteiger partial charge in [0.2, 0.25) is 0 Å². The van der Waals surface area contributed by atoms with Crippen LogP contribution in [0.4, 0.5) is 13.2 Å². The second kappa shape index (κ2) is 12.1. The normalized spacial score (nSPS) is 18.2. The number of hydrogen-bond acceptors (Lipinski definition) is 4. The molecule has 6 nitrogen and oxygen atoms in total. The van der Waals surface area contributed by atoms with Crippen LogP contribution in [-0.4, -0.2) is 65.2 Å². The first-order valence-electron chi connectivity index (χ1n) is 11.8. The highest BCUT2D eigenvalue weighted by molar-refractivity contribution is 5.94. The van der Waals surface area contributed by atoms with E-state index in [1.807, 2.05) is 36.4 Å². The summed E-state index contributed by atoms with van der Waals surface area (Å²) in [5.41, 5.74) is 3.17. The minimum atomic E-state index is -5.08. The Morgan fingerprint density at radius 2 is 1.63 bits per heavy atom. The third-order valence-electron chi connectivity index (χ3n) is 6.30. The van der Waals surface area contributed by atoms with Gasteiger partial charge in [-0.15, -0.1) is 0 Å². The van der Waals surface area contributed by atoms with Gasteiger partial charge in [-0.25, -0.2) is 4.79 Å². The number of carboxylic acid groups (broad SMARTS) is 1. The number of carbonyl (C=O) groups is 2. The van der Waals surface area contributed by atoms with E-state index in [9.17, 15) is 18.0 Å². The molecule has 2 heterocycles. The highest BCUT2D eigenvalue weighted by atomic mass is 19.4. The predicted molar refractivity (Wildman–Crippen MR) is 125 cm³/mol. The van der Waals surface area contributed by atoms with Gasteiger partial charge in [0.1, 0.15) is 12.4 Å². The number of benzene rings is 2. The van der Waals surface area contributed by atoms with Gasteiger partial charge in [0.15, 0.2) is 0 Å². The van der Waals surface area contributed by atoms with E-state index >= 15 is 0 Å². The Balaban J connectivity index is 0.000000429. The number of ether oxygens (including phenoxy) is 1. The van der Waals surface area contributed by atoms with Crippen molar-refractivity contribution in [3.05, 3.63) is 65.2 Å².